The average molecular weight is 657 g/mol. The molecule has 12 nitrogen and oxygen atoms in total. The molecule has 3 N–H and O–H groups in total. The molecule has 4 atom stereocenters. The van der Waals surface area contributed by atoms with Crippen molar-refractivity contribution in [2.24, 2.45) is 5.92 Å². The van der Waals surface area contributed by atoms with Gasteiger partial charge in [0, 0.05) is 56.7 Å². The molecule has 1 aromatic carbocycles. The predicted octanol–water partition coefficient (Wildman–Crippen LogP) is 0.783. The molecule has 46 heavy (non-hydrogen) atoms. The molecule has 6 rings (SSSR count). The first-order valence-corrected chi connectivity index (χ1v) is 17.8. The fourth-order valence-corrected chi connectivity index (χ4v) is 7.73. The maximum absolute atomic E-state index is 13.9. The standard InChI is InChI=1S/C33H48N6O6S/c1-21(2)29-33(44)39-12-4-5-27(39)31(42)34-22(3)30(41)35-26(19-23-6-8-25(9-7-23)45-20-28(40)36-29)32(43)38-13-10-24(11-14-38)37-15-17-46-18-16-37/h6-9,21-22,24,26-27,29H,4-5,10-20H2,1-3H3,(H,34,42)(H,35,41)(H,36,40)/t22-,26-,27-,29+/m0/s1. The molecular weight excluding hydrogens is 608 g/mol. The fraction of sp³-hybridized carbons (Fsp3) is 0.667. The van der Waals surface area contributed by atoms with Gasteiger partial charge < -0.3 is 30.5 Å². The molecule has 0 radical (unpaired) electrons. The molecule has 0 saturated carbocycles. The van der Waals surface area contributed by atoms with E-state index in [0.717, 1.165) is 43.0 Å². The first kappa shape index (κ1) is 34.0. The highest BCUT2D eigenvalue weighted by Crippen LogP contribution is 2.23. The van der Waals surface area contributed by atoms with Gasteiger partial charge in [-0.15, -0.1) is 0 Å². The molecule has 2 bridgehead atoms. The smallest absolute Gasteiger partial charge is 0.258 e. The van der Waals surface area contributed by atoms with Gasteiger partial charge in [0.25, 0.3) is 5.91 Å². The highest BCUT2D eigenvalue weighted by atomic mass is 32.2. The minimum absolute atomic E-state index is 0.144. The summed E-state index contributed by atoms with van der Waals surface area (Å²) in [7, 11) is 0. The van der Waals surface area contributed by atoms with Crippen LogP contribution in [0.25, 0.3) is 0 Å². The zero-order chi connectivity index (χ0) is 32.8. The number of nitrogens with zero attached hydrogens (tertiary/aromatic N) is 3. The van der Waals surface area contributed by atoms with Gasteiger partial charge in [-0.25, -0.2) is 0 Å². The first-order chi connectivity index (χ1) is 22.1. The number of fused-ring (bicyclic) bond motifs is 13. The summed E-state index contributed by atoms with van der Waals surface area (Å²) < 4.78 is 5.71. The predicted molar refractivity (Wildman–Crippen MR) is 175 cm³/mol. The second-order valence-corrected chi connectivity index (χ2v) is 14.3. The van der Waals surface area contributed by atoms with Crippen molar-refractivity contribution in [3.8, 4) is 5.75 Å². The number of ether oxygens (including phenoxy) is 1. The minimum atomic E-state index is -0.929. The molecule has 5 amide bonds. The molecule has 5 aliphatic heterocycles. The Kier molecular flexibility index (Phi) is 11.5. The van der Waals surface area contributed by atoms with E-state index in [4.69, 9.17) is 4.74 Å². The number of rotatable bonds is 3. The molecule has 0 spiro atoms. The van der Waals surface area contributed by atoms with Crippen molar-refractivity contribution in [2.75, 3.05) is 50.8 Å². The molecule has 5 aliphatic rings. The lowest BCUT2D eigenvalue weighted by molar-refractivity contribution is -0.143. The van der Waals surface area contributed by atoms with Crippen LogP contribution in [0.1, 0.15) is 52.0 Å². The Morgan fingerprint density at radius 1 is 0.891 bits per heavy atom. The lowest BCUT2D eigenvalue weighted by Crippen LogP contribution is -2.59. The van der Waals surface area contributed by atoms with Gasteiger partial charge in [0.2, 0.25) is 23.6 Å². The topological polar surface area (TPSA) is 140 Å². The van der Waals surface area contributed by atoms with Crippen molar-refractivity contribution < 1.29 is 28.7 Å². The Hall–Kier alpha value is -3.32. The third kappa shape index (κ3) is 8.33. The van der Waals surface area contributed by atoms with E-state index in [1.165, 1.54) is 4.90 Å². The monoisotopic (exact) mass is 656 g/mol. The molecule has 13 heteroatoms. The van der Waals surface area contributed by atoms with Crippen LogP contribution >= 0.6 is 11.8 Å². The van der Waals surface area contributed by atoms with Gasteiger partial charge in [-0.1, -0.05) is 26.0 Å². The third-order valence-corrected chi connectivity index (χ3v) is 10.5. The molecule has 0 unspecified atom stereocenters. The quantitative estimate of drug-likeness (QED) is 0.434. The van der Waals surface area contributed by atoms with Crippen molar-refractivity contribution in [3.05, 3.63) is 29.8 Å². The van der Waals surface area contributed by atoms with Crippen LogP contribution in [-0.2, 0) is 30.4 Å². The molecule has 0 aromatic heterocycles. The molecule has 5 heterocycles. The summed E-state index contributed by atoms with van der Waals surface area (Å²) in [5.74, 6) is 0.725. The van der Waals surface area contributed by atoms with Gasteiger partial charge in [0.15, 0.2) is 6.61 Å². The number of likely N-dealkylation sites (tertiary alicyclic amines) is 1. The van der Waals surface area contributed by atoms with E-state index < -0.39 is 41.9 Å². The average Bonchev–Trinajstić information content (AvgIpc) is 3.56. The number of piperidine rings is 1. The van der Waals surface area contributed by atoms with Gasteiger partial charge in [0.05, 0.1) is 0 Å². The van der Waals surface area contributed by atoms with Crippen LogP contribution in [0, 0.1) is 5.92 Å². The van der Waals surface area contributed by atoms with Gasteiger partial charge in [-0.2, -0.15) is 11.8 Å². The van der Waals surface area contributed by atoms with Crippen LogP contribution in [0.5, 0.6) is 5.75 Å². The summed E-state index contributed by atoms with van der Waals surface area (Å²) >= 11 is 1.99. The summed E-state index contributed by atoms with van der Waals surface area (Å²) in [6.07, 6.45) is 3.14. The number of amides is 5. The normalized spacial score (nSPS) is 28.0. The highest BCUT2D eigenvalue weighted by Gasteiger charge is 2.40. The molecule has 252 valence electrons. The van der Waals surface area contributed by atoms with Crippen molar-refractivity contribution in [1.29, 1.82) is 0 Å². The summed E-state index contributed by atoms with van der Waals surface area (Å²) in [6.45, 7) is 8.79. The summed E-state index contributed by atoms with van der Waals surface area (Å²) in [5.41, 5.74) is 0.817. The van der Waals surface area contributed by atoms with Crippen molar-refractivity contribution in [3.63, 3.8) is 0 Å². The van der Waals surface area contributed by atoms with E-state index in [0.29, 0.717) is 44.3 Å². The van der Waals surface area contributed by atoms with E-state index in [1.54, 1.807) is 19.1 Å². The van der Waals surface area contributed by atoms with E-state index in [-0.39, 0.29) is 30.8 Å². The fourth-order valence-electron chi connectivity index (χ4n) is 6.80. The largest absolute Gasteiger partial charge is 0.484 e. The van der Waals surface area contributed by atoms with Crippen molar-refractivity contribution >= 4 is 41.3 Å². The second-order valence-electron chi connectivity index (χ2n) is 13.1. The van der Waals surface area contributed by atoms with Gasteiger partial charge in [0.1, 0.15) is 29.9 Å². The third-order valence-electron chi connectivity index (χ3n) is 9.53. The lowest BCUT2D eigenvalue weighted by atomic mass is 9.99. The van der Waals surface area contributed by atoms with Crippen LogP contribution < -0.4 is 20.7 Å². The SMILES string of the molecule is CC(C)[C@H]1NC(=O)COc2ccc(cc2)C[C@@H](C(=O)N2CCC(N3CCSCC3)CC2)NC(=O)[C@H](C)NC(=O)[C@@H]2CCCN2C1=O. The van der Waals surface area contributed by atoms with E-state index in [2.05, 4.69) is 20.9 Å². The molecule has 0 aliphatic carbocycles. The lowest BCUT2D eigenvalue weighted by Gasteiger charge is -2.41. The molecule has 1 aromatic rings. The molecular formula is C33H48N6O6S. The van der Waals surface area contributed by atoms with Gasteiger partial charge in [-0.05, 0) is 56.2 Å². The van der Waals surface area contributed by atoms with E-state index in [1.807, 2.05) is 42.6 Å². The van der Waals surface area contributed by atoms with E-state index in [9.17, 15) is 24.0 Å². The Morgan fingerprint density at radius 2 is 1.59 bits per heavy atom. The maximum atomic E-state index is 13.9. The highest BCUT2D eigenvalue weighted by molar-refractivity contribution is 7.99. The van der Waals surface area contributed by atoms with Crippen LogP contribution in [0.15, 0.2) is 24.3 Å². The van der Waals surface area contributed by atoms with Crippen LogP contribution in [0.3, 0.4) is 0 Å². The summed E-state index contributed by atoms with van der Waals surface area (Å²) in [4.78, 5) is 73.1. The van der Waals surface area contributed by atoms with E-state index >= 15 is 0 Å². The Labute approximate surface area is 275 Å². The van der Waals surface area contributed by atoms with Gasteiger partial charge >= 0.3 is 0 Å². The molecule has 3 saturated heterocycles. The number of thioether (sulfide) groups is 1. The number of nitrogens with one attached hydrogen (secondary N) is 3. The number of hydrogen-bond donors (Lipinski definition) is 3. The Balaban J connectivity index is 1.33. The minimum Gasteiger partial charge on any atom is -0.484 e. The Morgan fingerprint density at radius 3 is 2.26 bits per heavy atom. The Bertz CT molecular complexity index is 1260. The maximum Gasteiger partial charge on any atom is 0.258 e. The number of hydrogen-bond acceptors (Lipinski definition) is 8. The number of carbonyl (C=O) groups excluding carboxylic acids is 5. The van der Waals surface area contributed by atoms with Crippen LogP contribution in [0.4, 0.5) is 0 Å². The zero-order valence-corrected chi connectivity index (χ0v) is 28.0. The molecule has 3 fully saturated rings. The number of carbonyl (C=O) groups is 5. The number of benzene rings is 1. The zero-order valence-electron chi connectivity index (χ0n) is 27.2. The van der Waals surface area contributed by atoms with Crippen LogP contribution in [0.2, 0.25) is 0 Å². The second kappa shape index (κ2) is 15.5. The summed E-state index contributed by atoms with van der Waals surface area (Å²) in [5, 5.41) is 8.50. The summed E-state index contributed by atoms with van der Waals surface area (Å²) in [6, 6.07) is 4.21. The van der Waals surface area contributed by atoms with Crippen molar-refractivity contribution in [2.45, 2.75) is 83.1 Å². The van der Waals surface area contributed by atoms with Gasteiger partial charge in [-0.3, -0.25) is 28.9 Å². The van der Waals surface area contributed by atoms with Crippen molar-refractivity contribution in [1.82, 2.24) is 30.7 Å². The first-order valence-electron chi connectivity index (χ1n) is 16.6. The van der Waals surface area contributed by atoms with Crippen LogP contribution in [-0.4, -0.2) is 125 Å².